The molecule has 42 heavy (non-hydrogen) atoms. The van der Waals surface area contributed by atoms with Gasteiger partial charge in [0.25, 0.3) is 0 Å². The SMILES string of the molecule is Cc1nc(CC(NC(=O)N2CCC(N3Cc4ccccc4NC3=O)CC2)C(=O)N2CCC(N3CCCCC3)CC2)cs1. The van der Waals surface area contributed by atoms with E-state index in [1.54, 1.807) is 16.2 Å². The molecule has 5 heterocycles. The highest BCUT2D eigenvalue weighted by Crippen LogP contribution is 2.28. The number of nitrogens with one attached hydrogen (secondary N) is 2. The summed E-state index contributed by atoms with van der Waals surface area (Å²) in [6, 6.07) is 7.58. The van der Waals surface area contributed by atoms with Crippen molar-refractivity contribution in [2.24, 2.45) is 0 Å². The minimum Gasteiger partial charge on any atom is -0.341 e. The van der Waals surface area contributed by atoms with Crippen LogP contribution in [-0.4, -0.2) is 99.9 Å². The van der Waals surface area contributed by atoms with Gasteiger partial charge in [-0.25, -0.2) is 14.6 Å². The van der Waals surface area contributed by atoms with Gasteiger partial charge in [-0.1, -0.05) is 24.6 Å². The van der Waals surface area contributed by atoms with Gasteiger partial charge in [0.2, 0.25) is 5.91 Å². The standard InChI is InChI=1S/C31H43N7O3S/c1-22-32-24(21-42-22)19-28(29(39)36-15-9-25(10-16-36)35-13-5-2-6-14-35)34-30(40)37-17-11-26(12-18-37)38-20-23-7-3-4-8-27(23)33-31(38)41/h3-4,7-8,21,25-26,28H,2,5-6,9-20H2,1H3,(H,33,41)(H,34,40). The largest absolute Gasteiger partial charge is 0.341 e. The second-order valence-electron chi connectivity index (χ2n) is 12.2. The molecule has 0 bridgehead atoms. The zero-order chi connectivity index (χ0) is 29.1. The molecule has 11 heteroatoms. The van der Waals surface area contributed by atoms with Crippen LogP contribution in [-0.2, 0) is 17.8 Å². The third kappa shape index (κ3) is 6.57. The second kappa shape index (κ2) is 13.0. The molecule has 226 valence electrons. The number of likely N-dealkylation sites (tertiary alicyclic amines) is 3. The van der Waals surface area contributed by atoms with Crippen LogP contribution in [0.5, 0.6) is 0 Å². The second-order valence-corrected chi connectivity index (χ2v) is 13.2. The Morgan fingerprint density at radius 2 is 1.67 bits per heavy atom. The summed E-state index contributed by atoms with van der Waals surface area (Å²) in [5.74, 6) is -0.00960. The summed E-state index contributed by atoms with van der Waals surface area (Å²) in [6.45, 7) is 7.43. The molecule has 0 radical (unpaired) electrons. The van der Waals surface area contributed by atoms with E-state index < -0.39 is 6.04 Å². The van der Waals surface area contributed by atoms with Crippen molar-refractivity contribution in [2.75, 3.05) is 44.6 Å². The number of amides is 5. The number of benzene rings is 1. The van der Waals surface area contributed by atoms with Crippen molar-refractivity contribution in [3.63, 3.8) is 0 Å². The number of hydrogen-bond donors (Lipinski definition) is 2. The molecule has 4 aliphatic heterocycles. The third-order valence-corrected chi connectivity index (χ3v) is 10.2. The number of aryl methyl sites for hydroxylation is 1. The first-order valence-corrected chi connectivity index (χ1v) is 16.5. The molecule has 6 rings (SSSR count). The van der Waals surface area contributed by atoms with E-state index in [2.05, 4.69) is 20.5 Å². The van der Waals surface area contributed by atoms with Crippen molar-refractivity contribution in [1.82, 2.24) is 29.9 Å². The molecular weight excluding hydrogens is 550 g/mol. The highest BCUT2D eigenvalue weighted by atomic mass is 32.1. The Kier molecular flexibility index (Phi) is 8.95. The molecule has 1 atom stereocenters. The maximum absolute atomic E-state index is 13.8. The molecule has 1 unspecified atom stereocenters. The number of hydrogen-bond acceptors (Lipinski definition) is 6. The van der Waals surface area contributed by atoms with E-state index in [1.807, 2.05) is 46.4 Å². The van der Waals surface area contributed by atoms with E-state index >= 15 is 0 Å². The number of para-hydroxylation sites is 1. The van der Waals surface area contributed by atoms with Crippen LogP contribution < -0.4 is 10.6 Å². The molecule has 10 nitrogen and oxygen atoms in total. The maximum atomic E-state index is 13.8. The number of carbonyl (C=O) groups is 3. The quantitative estimate of drug-likeness (QED) is 0.526. The number of anilines is 1. The molecular formula is C31H43N7O3S. The molecule has 1 aromatic heterocycles. The summed E-state index contributed by atoms with van der Waals surface area (Å²) in [6.07, 6.45) is 7.66. The van der Waals surface area contributed by atoms with E-state index in [1.165, 1.54) is 32.4 Å². The van der Waals surface area contributed by atoms with Gasteiger partial charge in [-0.05, 0) is 70.2 Å². The molecule has 2 aromatic rings. The lowest BCUT2D eigenvalue weighted by Gasteiger charge is -2.42. The number of aromatic nitrogens is 1. The summed E-state index contributed by atoms with van der Waals surface area (Å²) in [7, 11) is 0. The first-order valence-electron chi connectivity index (χ1n) is 15.6. The minimum atomic E-state index is -0.646. The fourth-order valence-electron chi connectivity index (χ4n) is 7.00. The van der Waals surface area contributed by atoms with Crippen molar-refractivity contribution < 1.29 is 14.4 Å². The van der Waals surface area contributed by atoms with Crippen LogP contribution in [0.15, 0.2) is 29.6 Å². The lowest BCUT2D eigenvalue weighted by molar-refractivity contribution is -0.135. The number of rotatable bonds is 6. The summed E-state index contributed by atoms with van der Waals surface area (Å²) >= 11 is 1.56. The van der Waals surface area contributed by atoms with E-state index in [4.69, 9.17) is 0 Å². The molecule has 3 fully saturated rings. The zero-order valence-electron chi connectivity index (χ0n) is 24.6. The highest BCUT2D eigenvalue weighted by molar-refractivity contribution is 7.09. The first kappa shape index (κ1) is 28.9. The fraction of sp³-hybridized carbons (Fsp3) is 0.613. The van der Waals surface area contributed by atoms with Crippen molar-refractivity contribution in [2.45, 2.75) is 83.0 Å². The molecule has 0 aliphatic carbocycles. The molecule has 0 saturated carbocycles. The van der Waals surface area contributed by atoms with Crippen LogP contribution in [0, 0.1) is 6.92 Å². The molecule has 0 spiro atoms. The average Bonchev–Trinajstić information content (AvgIpc) is 3.44. The number of fused-ring (bicyclic) bond motifs is 1. The van der Waals surface area contributed by atoms with Gasteiger partial charge >= 0.3 is 12.1 Å². The van der Waals surface area contributed by atoms with Crippen molar-refractivity contribution in [3.8, 4) is 0 Å². The number of nitrogens with zero attached hydrogens (tertiary/aromatic N) is 5. The predicted molar refractivity (Wildman–Crippen MR) is 163 cm³/mol. The van der Waals surface area contributed by atoms with Crippen molar-refractivity contribution >= 4 is 35.0 Å². The lowest BCUT2D eigenvalue weighted by atomic mass is 9.99. The number of carbonyl (C=O) groups excluding carboxylic acids is 3. The van der Waals surface area contributed by atoms with Gasteiger partial charge in [0.15, 0.2) is 0 Å². The van der Waals surface area contributed by atoms with Crippen LogP contribution in [0.4, 0.5) is 15.3 Å². The van der Waals surface area contributed by atoms with Crippen LogP contribution >= 0.6 is 11.3 Å². The Bertz CT molecular complexity index is 1260. The summed E-state index contributed by atoms with van der Waals surface area (Å²) in [5, 5.41) is 9.03. The Morgan fingerprint density at radius 3 is 2.38 bits per heavy atom. The molecule has 5 amide bonds. The maximum Gasteiger partial charge on any atom is 0.322 e. The molecule has 1 aromatic carbocycles. The highest BCUT2D eigenvalue weighted by Gasteiger charge is 2.35. The zero-order valence-corrected chi connectivity index (χ0v) is 25.4. The molecule has 2 N–H and O–H groups in total. The Labute approximate surface area is 252 Å². The summed E-state index contributed by atoms with van der Waals surface area (Å²) in [4.78, 5) is 52.9. The smallest absolute Gasteiger partial charge is 0.322 e. The normalized spacial score (nSPS) is 21.5. The van der Waals surface area contributed by atoms with E-state index in [9.17, 15) is 14.4 Å². The average molecular weight is 594 g/mol. The van der Waals surface area contributed by atoms with Gasteiger partial charge in [-0.15, -0.1) is 11.3 Å². The topological polar surface area (TPSA) is 101 Å². The number of thiazole rings is 1. The summed E-state index contributed by atoms with van der Waals surface area (Å²) in [5.41, 5.74) is 2.82. The summed E-state index contributed by atoms with van der Waals surface area (Å²) < 4.78 is 0. The Morgan fingerprint density at radius 1 is 0.976 bits per heavy atom. The van der Waals surface area contributed by atoms with Crippen LogP contribution in [0.1, 0.15) is 61.2 Å². The number of piperidine rings is 3. The fourth-order valence-corrected chi connectivity index (χ4v) is 7.63. The van der Waals surface area contributed by atoms with E-state index in [0.717, 1.165) is 47.9 Å². The third-order valence-electron chi connectivity index (χ3n) is 9.41. The number of urea groups is 2. The van der Waals surface area contributed by atoms with Crippen LogP contribution in [0.3, 0.4) is 0 Å². The van der Waals surface area contributed by atoms with Gasteiger partial charge in [0.1, 0.15) is 6.04 Å². The van der Waals surface area contributed by atoms with Crippen LogP contribution in [0.2, 0.25) is 0 Å². The Balaban J connectivity index is 1.05. The van der Waals surface area contributed by atoms with Gasteiger partial charge in [0, 0.05) is 62.3 Å². The van der Waals surface area contributed by atoms with Gasteiger partial charge in [-0.2, -0.15) is 0 Å². The molecule has 3 saturated heterocycles. The monoisotopic (exact) mass is 593 g/mol. The first-order chi connectivity index (χ1) is 20.4. The van der Waals surface area contributed by atoms with Crippen molar-refractivity contribution in [1.29, 1.82) is 0 Å². The minimum absolute atomic E-state index is 0.00960. The van der Waals surface area contributed by atoms with Crippen molar-refractivity contribution in [3.05, 3.63) is 45.9 Å². The van der Waals surface area contributed by atoms with Crippen LogP contribution in [0.25, 0.3) is 0 Å². The van der Waals surface area contributed by atoms with E-state index in [0.29, 0.717) is 44.9 Å². The lowest BCUT2D eigenvalue weighted by Crippen LogP contribution is -2.57. The van der Waals surface area contributed by atoms with Gasteiger partial charge < -0.3 is 30.2 Å². The van der Waals surface area contributed by atoms with Gasteiger partial charge in [0.05, 0.1) is 10.7 Å². The van der Waals surface area contributed by atoms with Gasteiger partial charge in [-0.3, -0.25) is 4.79 Å². The van der Waals surface area contributed by atoms with E-state index in [-0.39, 0.29) is 24.0 Å². The molecule has 4 aliphatic rings. The predicted octanol–water partition coefficient (Wildman–Crippen LogP) is 4.06. The Hall–Kier alpha value is -3.18.